The van der Waals surface area contributed by atoms with E-state index in [-0.39, 0.29) is 11.7 Å². The van der Waals surface area contributed by atoms with E-state index in [4.69, 9.17) is 0 Å². The molecular formula is C13H17FOS. The number of thioether (sulfide) groups is 1. The normalized spacial score (nSPS) is 22.4. The monoisotopic (exact) mass is 240 g/mol. The van der Waals surface area contributed by atoms with Crippen LogP contribution < -0.4 is 0 Å². The molecule has 2 rings (SSSR count). The molecule has 16 heavy (non-hydrogen) atoms. The molecule has 1 aliphatic rings. The minimum absolute atomic E-state index is 0.209. The molecule has 0 saturated carbocycles. The Morgan fingerprint density at radius 2 is 2.19 bits per heavy atom. The van der Waals surface area contributed by atoms with E-state index in [2.05, 4.69) is 0 Å². The average molecular weight is 240 g/mol. The van der Waals surface area contributed by atoms with Gasteiger partial charge in [0.05, 0.1) is 6.10 Å². The van der Waals surface area contributed by atoms with Crippen LogP contribution in [-0.2, 0) is 0 Å². The van der Waals surface area contributed by atoms with Crippen molar-refractivity contribution in [1.29, 1.82) is 0 Å². The van der Waals surface area contributed by atoms with E-state index in [1.165, 1.54) is 6.07 Å². The summed E-state index contributed by atoms with van der Waals surface area (Å²) in [5.41, 5.74) is 2.27. The van der Waals surface area contributed by atoms with Gasteiger partial charge in [0.1, 0.15) is 5.82 Å². The molecule has 0 aliphatic carbocycles. The summed E-state index contributed by atoms with van der Waals surface area (Å²) in [5.74, 6) is 1.96. The summed E-state index contributed by atoms with van der Waals surface area (Å²) < 4.78 is 13.8. The number of benzene rings is 1. The first-order chi connectivity index (χ1) is 7.59. The maximum atomic E-state index is 13.8. The van der Waals surface area contributed by atoms with Gasteiger partial charge in [0.2, 0.25) is 0 Å². The smallest absolute Gasteiger partial charge is 0.129 e. The van der Waals surface area contributed by atoms with Crippen LogP contribution in [0.1, 0.15) is 29.2 Å². The molecule has 1 saturated heterocycles. The lowest BCUT2D eigenvalue weighted by molar-refractivity contribution is 0.116. The van der Waals surface area contributed by atoms with Crippen molar-refractivity contribution in [3.05, 3.63) is 34.6 Å². The highest BCUT2D eigenvalue weighted by atomic mass is 32.2. The number of rotatable bonds is 2. The number of aliphatic hydroxyl groups excluding tert-OH is 1. The first kappa shape index (κ1) is 11.9. The van der Waals surface area contributed by atoms with Crippen molar-refractivity contribution in [2.75, 3.05) is 11.5 Å². The van der Waals surface area contributed by atoms with E-state index in [1.54, 1.807) is 0 Å². The molecule has 1 nitrogen and oxygen atoms in total. The zero-order valence-corrected chi connectivity index (χ0v) is 10.5. The molecule has 88 valence electrons. The Bertz CT molecular complexity index is 363. The molecule has 1 aromatic rings. The fraction of sp³-hybridized carbons (Fsp3) is 0.538. The third-order valence-corrected chi connectivity index (χ3v) is 4.38. The third kappa shape index (κ3) is 2.25. The van der Waals surface area contributed by atoms with Gasteiger partial charge in [-0.2, -0.15) is 11.8 Å². The zero-order chi connectivity index (χ0) is 11.7. The molecule has 1 fully saturated rings. The molecular weight excluding hydrogens is 223 g/mol. The van der Waals surface area contributed by atoms with E-state index in [0.29, 0.717) is 5.56 Å². The first-order valence-electron chi connectivity index (χ1n) is 5.62. The number of aryl methyl sites for hydroxylation is 2. The van der Waals surface area contributed by atoms with Crippen molar-refractivity contribution in [2.24, 2.45) is 5.92 Å². The summed E-state index contributed by atoms with van der Waals surface area (Å²) >= 11 is 1.84. The minimum atomic E-state index is -0.643. The Morgan fingerprint density at radius 3 is 2.75 bits per heavy atom. The van der Waals surface area contributed by atoms with Crippen LogP contribution in [0.2, 0.25) is 0 Å². The molecule has 0 aromatic heterocycles. The molecule has 1 heterocycles. The van der Waals surface area contributed by atoms with Crippen molar-refractivity contribution in [3.8, 4) is 0 Å². The fourth-order valence-electron chi connectivity index (χ4n) is 2.34. The maximum Gasteiger partial charge on any atom is 0.129 e. The van der Waals surface area contributed by atoms with Crippen LogP contribution in [0.4, 0.5) is 4.39 Å². The van der Waals surface area contributed by atoms with Crippen LogP contribution in [0, 0.1) is 25.6 Å². The summed E-state index contributed by atoms with van der Waals surface area (Å²) in [6.07, 6.45) is 0.342. The Kier molecular flexibility index (Phi) is 3.55. The highest BCUT2D eigenvalue weighted by molar-refractivity contribution is 7.99. The van der Waals surface area contributed by atoms with E-state index < -0.39 is 6.10 Å². The molecule has 0 spiro atoms. The van der Waals surface area contributed by atoms with Gasteiger partial charge in [0, 0.05) is 5.56 Å². The largest absolute Gasteiger partial charge is 0.388 e. The lowest BCUT2D eigenvalue weighted by atomic mass is 9.91. The molecule has 1 aliphatic heterocycles. The highest BCUT2D eigenvalue weighted by Gasteiger charge is 2.28. The number of hydrogen-bond acceptors (Lipinski definition) is 2. The fourth-order valence-corrected chi connectivity index (χ4v) is 3.63. The van der Waals surface area contributed by atoms with Gasteiger partial charge in [-0.3, -0.25) is 0 Å². The third-order valence-electron chi connectivity index (χ3n) is 3.19. The zero-order valence-electron chi connectivity index (χ0n) is 9.66. The van der Waals surface area contributed by atoms with Gasteiger partial charge in [0.15, 0.2) is 0 Å². The predicted octanol–water partition coefficient (Wildman–Crippen LogP) is 3.23. The summed E-state index contributed by atoms with van der Waals surface area (Å²) in [6.45, 7) is 3.74. The second kappa shape index (κ2) is 4.76. The lowest BCUT2D eigenvalue weighted by Crippen LogP contribution is -2.15. The van der Waals surface area contributed by atoms with Crippen molar-refractivity contribution < 1.29 is 9.50 Å². The van der Waals surface area contributed by atoms with Crippen molar-refractivity contribution in [3.63, 3.8) is 0 Å². The maximum absolute atomic E-state index is 13.8. The molecule has 0 radical (unpaired) electrons. The topological polar surface area (TPSA) is 20.2 Å². The molecule has 0 bridgehead atoms. The SMILES string of the molecule is Cc1cc(C)c(C(O)C2CCSC2)c(F)c1. The number of halogens is 1. The molecule has 1 N–H and O–H groups in total. The molecule has 2 atom stereocenters. The van der Waals surface area contributed by atoms with Crippen LogP contribution in [0.5, 0.6) is 0 Å². The van der Waals surface area contributed by atoms with Gasteiger partial charge in [-0.1, -0.05) is 6.07 Å². The van der Waals surface area contributed by atoms with E-state index in [1.807, 2.05) is 31.7 Å². The lowest BCUT2D eigenvalue weighted by Gasteiger charge is -2.20. The van der Waals surface area contributed by atoms with E-state index in [9.17, 15) is 9.50 Å². The van der Waals surface area contributed by atoms with Crippen LogP contribution in [-0.4, -0.2) is 16.6 Å². The van der Waals surface area contributed by atoms with Gasteiger partial charge in [-0.15, -0.1) is 0 Å². The second-order valence-corrected chi connectivity index (χ2v) is 5.70. The van der Waals surface area contributed by atoms with Gasteiger partial charge in [0.25, 0.3) is 0 Å². The summed E-state index contributed by atoms with van der Waals surface area (Å²) in [5, 5.41) is 10.2. The summed E-state index contributed by atoms with van der Waals surface area (Å²) in [7, 11) is 0. The quantitative estimate of drug-likeness (QED) is 0.856. The van der Waals surface area contributed by atoms with Gasteiger partial charge in [-0.25, -0.2) is 4.39 Å². The van der Waals surface area contributed by atoms with E-state index in [0.717, 1.165) is 29.1 Å². The first-order valence-corrected chi connectivity index (χ1v) is 6.77. The number of aliphatic hydroxyl groups is 1. The highest BCUT2D eigenvalue weighted by Crippen LogP contribution is 2.36. The van der Waals surface area contributed by atoms with Crippen molar-refractivity contribution >= 4 is 11.8 Å². The van der Waals surface area contributed by atoms with Crippen LogP contribution in [0.3, 0.4) is 0 Å². The summed E-state index contributed by atoms with van der Waals surface area (Å²) in [4.78, 5) is 0. The predicted molar refractivity (Wildman–Crippen MR) is 66.3 cm³/mol. The Morgan fingerprint density at radius 1 is 1.44 bits per heavy atom. The van der Waals surface area contributed by atoms with Gasteiger partial charge in [-0.05, 0) is 54.9 Å². The van der Waals surface area contributed by atoms with Crippen LogP contribution in [0.25, 0.3) is 0 Å². The van der Waals surface area contributed by atoms with Crippen molar-refractivity contribution in [1.82, 2.24) is 0 Å². The second-order valence-electron chi connectivity index (χ2n) is 4.55. The van der Waals surface area contributed by atoms with Crippen LogP contribution >= 0.6 is 11.8 Å². The van der Waals surface area contributed by atoms with Crippen LogP contribution in [0.15, 0.2) is 12.1 Å². The molecule has 2 unspecified atom stereocenters. The molecule has 3 heteroatoms. The number of hydrogen-bond donors (Lipinski definition) is 1. The Balaban J connectivity index is 2.31. The Labute approximate surface area is 100 Å². The average Bonchev–Trinajstić information content (AvgIpc) is 2.67. The van der Waals surface area contributed by atoms with E-state index >= 15 is 0 Å². The standard InChI is InChI=1S/C13H17FOS/c1-8-5-9(2)12(11(14)6-8)13(15)10-3-4-16-7-10/h5-6,10,13,15H,3-4,7H2,1-2H3. The molecule has 1 aromatic carbocycles. The Hall–Kier alpha value is -0.540. The van der Waals surface area contributed by atoms with Gasteiger partial charge >= 0.3 is 0 Å². The van der Waals surface area contributed by atoms with Crippen molar-refractivity contribution in [2.45, 2.75) is 26.4 Å². The summed E-state index contributed by atoms with van der Waals surface area (Å²) in [6, 6.07) is 3.44. The van der Waals surface area contributed by atoms with Gasteiger partial charge < -0.3 is 5.11 Å². The minimum Gasteiger partial charge on any atom is -0.388 e. The molecule has 0 amide bonds.